The van der Waals surface area contributed by atoms with Gasteiger partial charge in [-0.25, -0.2) is 4.39 Å². The molecule has 0 saturated carbocycles. The Labute approximate surface area is 211 Å². The van der Waals surface area contributed by atoms with Gasteiger partial charge >= 0.3 is 0 Å². The third-order valence-corrected chi connectivity index (χ3v) is 5.78. The number of rotatable bonds is 6. The second-order valence-corrected chi connectivity index (χ2v) is 7.92. The lowest BCUT2D eigenvalue weighted by Gasteiger charge is -2.29. The second kappa shape index (κ2) is 9.52. The minimum Gasteiger partial charge on any atom is -0.381 e. The number of nitrogens with zero attached hydrogens (tertiary/aromatic N) is 2. The van der Waals surface area contributed by atoms with Gasteiger partial charge in [-0.15, -0.1) is 0 Å². The number of fused-ring (bicyclic) bond motifs is 1. The number of carbonyl (C=O) groups is 3. The molecule has 0 aromatic heterocycles. The number of anilines is 1. The maximum Gasteiger partial charge on any atom is 0.255 e. The topological polar surface area (TPSA) is 91.0 Å². The van der Waals surface area contributed by atoms with Gasteiger partial charge in [-0.3, -0.25) is 24.6 Å². The van der Waals surface area contributed by atoms with Crippen molar-refractivity contribution in [2.45, 2.75) is 38.4 Å². The number of carbonyl (C=O) groups excluding carboxylic acids is 3. The molecule has 3 amide bonds. The molecule has 2 saturated heterocycles. The van der Waals surface area contributed by atoms with E-state index in [0.717, 1.165) is 0 Å². The zero-order valence-corrected chi connectivity index (χ0v) is 17.9. The van der Waals surface area contributed by atoms with E-state index in [2.05, 4.69) is 5.32 Å². The van der Waals surface area contributed by atoms with Crippen LogP contribution in [0.15, 0.2) is 36.3 Å². The standard InChI is InChI=1S/C25H27FN4O4/c26-23-16(3-1-4-17(23)14-29-9-11-34-12-10-29)13-27-20-6-2-5-18-19(20)15-30(25(18)33)21-7-8-22(31)28-24(21)32/h1-6,21,27H,7-15H2,(H,28,31,32)/i1D,2D,3D,4D,5D,6D,7D2,8D2. The van der Waals surface area contributed by atoms with Crippen LogP contribution in [0.1, 0.15) is 53.5 Å². The van der Waals surface area contributed by atoms with Crippen LogP contribution in [0.25, 0.3) is 0 Å². The zero-order valence-electron chi connectivity index (χ0n) is 27.9. The molecule has 2 fully saturated rings. The third kappa shape index (κ3) is 4.41. The van der Waals surface area contributed by atoms with Crippen molar-refractivity contribution in [3.8, 4) is 0 Å². The van der Waals surface area contributed by atoms with Gasteiger partial charge < -0.3 is 15.0 Å². The highest BCUT2D eigenvalue weighted by atomic mass is 19.1. The van der Waals surface area contributed by atoms with E-state index in [1.54, 1.807) is 5.32 Å². The Bertz CT molecular complexity index is 1600. The van der Waals surface area contributed by atoms with E-state index in [9.17, 15) is 14.4 Å². The van der Waals surface area contributed by atoms with Crippen LogP contribution in [0, 0.1) is 5.82 Å². The number of benzene rings is 2. The minimum atomic E-state index is -3.22. The molecule has 178 valence electrons. The summed E-state index contributed by atoms with van der Waals surface area (Å²) in [5.74, 6) is -4.84. The Morgan fingerprint density at radius 3 is 2.74 bits per heavy atom. The van der Waals surface area contributed by atoms with Gasteiger partial charge in [0.2, 0.25) is 11.8 Å². The van der Waals surface area contributed by atoms with E-state index in [1.165, 1.54) is 0 Å². The van der Waals surface area contributed by atoms with Gasteiger partial charge in [-0.05, 0) is 18.5 Å². The summed E-state index contributed by atoms with van der Waals surface area (Å²) in [4.78, 5) is 40.7. The van der Waals surface area contributed by atoms with E-state index in [1.807, 2.05) is 4.90 Å². The third-order valence-electron chi connectivity index (χ3n) is 5.78. The van der Waals surface area contributed by atoms with E-state index < -0.39 is 97.2 Å². The summed E-state index contributed by atoms with van der Waals surface area (Å²) >= 11 is 0. The van der Waals surface area contributed by atoms with Gasteiger partial charge in [0.15, 0.2) is 0 Å². The van der Waals surface area contributed by atoms with Gasteiger partial charge in [0.05, 0.1) is 21.4 Å². The number of hydrogen-bond acceptors (Lipinski definition) is 6. The van der Waals surface area contributed by atoms with Crippen molar-refractivity contribution < 1.29 is 37.2 Å². The van der Waals surface area contributed by atoms with Crippen molar-refractivity contribution in [1.82, 2.24) is 15.1 Å². The molecule has 1 atom stereocenters. The maximum atomic E-state index is 15.8. The Kier molecular flexibility index (Phi) is 3.79. The maximum absolute atomic E-state index is 15.8. The molecule has 1 unspecified atom stereocenters. The fourth-order valence-electron chi connectivity index (χ4n) is 4.01. The lowest BCUT2D eigenvalue weighted by molar-refractivity contribution is -0.136. The van der Waals surface area contributed by atoms with Crippen LogP contribution in [0.5, 0.6) is 0 Å². The Morgan fingerprint density at radius 2 is 1.91 bits per heavy atom. The Hall–Kier alpha value is -3.30. The van der Waals surface area contributed by atoms with Crippen LogP contribution in [-0.4, -0.2) is 59.9 Å². The molecule has 3 aliphatic heterocycles. The molecule has 0 bridgehead atoms. The van der Waals surface area contributed by atoms with E-state index in [-0.39, 0.29) is 28.9 Å². The van der Waals surface area contributed by atoms with Crippen LogP contribution in [-0.2, 0) is 34.0 Å². The number of nitrogens with one attached hydrogen (secondary N) is 2. The largest absolute Gasteiger partial charge is 0.381 e. The lowest BCUT2D eigenvalue weighted by Crippen LogP contribution is -2.52. The van der Waals surface area contributed by atoms with Crippen molar-refractivity contribution in [1.29, 1.82) is 0 Å². The first-order valence-corrected chi connectivity index (χ1v) is 10.6. The predicted molar refractivity (Wildman–Crippen MR) is 122 cm³/mol. The van der Waals surface area contributed by atoms with E-state index in [4.69, 9.17) is 18.4 Å². The number of ether oxygens (including phenoxy) is 1. The second-order valence-electron chi connectivity index (χ2n) is 7.92. The van der Waals surface area contributed by atoms with E-state index in [0.29, 0.717) is 31.2 Å². The van der Waals surface area contributed by atoms with Crippen molar-refractivity contribution >= 4 is 23.4 Å². The number of amides is 3. The number of hydrogen-bond donors (Lipinski definition) is 2. The molecule has 34 heavy (non-hydrogen) atoms. The molecular weight excluding hydrogens is 439 g/mol. The zero-order chi connectivity index (χ0) is 32.5. The van der Waals surface area contributed by atoms with Crippen LogP contribution < -0.4 is 10.6 Å². The molecule has 5 rings (SSSR count). The number of imide groups is 1. The fourth-order valence-corrected chi connectivity index (χ4v) is 4.01. The monoisotopic (exact) mass is 476 g/mol. The quantitative estimate of drug-likeness (QED) is 0.620. The summed E-state index contributed by atoms with van der Waals surface area (Å²) in [7, 11) is 0. The summed E-state index contributed by atoms with van der Waals surface area (Å²) in [6.45, 7) is 0.601. The lowest BCUT2D eigenvalue weighted by atomic mass is 10.0. The minimum absolute atomic E-state index is 0.0123. The summed E-state index contributed by atoms with van der Waals surface area (Å²) in [5, 5.41) is 4.45. The van der Waals surface area contributed by atoms with Gasteiger partial charge in [-0.2, -0.15) is 0 Å². The molecule has 2 aromatic rings. The average Bonchev–Trinajstić information content (AvgIpc) is 3.30. The molecule has 3 heterocycles. The van der Waals surface area contributed by atoms with Gasteiger partial charge in [0.1, 0.15) is 11.9 Å². The first-order chi connectivity index (χ1) is 20.5. The molecule has 8 nitrogen and oxygen atoms in total. The molecule has 2 aromatic carbocycles. The molecular formula is C25H27FN4O4. The Morgan fingerprint density at radius 1 is 1.15 bits per heavy atom. The highest BCUT2D eigenvalue weighted by Crippen LogP contribution is 2.32. The highest BCUT2D eigenvalue weighted by Gasteiger charge is 2.39. The summed E-state index contributed by atoms with van der Waals surface area (Å²) in [6.07, 6.45) is -6.41. The van der Waals surface area contributed by atoms with Crippen molar-refractivity contribution in [2.24, 2.45) is 0 Å². The van der Waals surface area contributed by atoms with Crippen LogP contribution in [0.4, 0.5) is 10.1 Å². The van der Waals surface area contributed by atoms with Crippen molar-refractivity contribution in [3.63, 3.8) is 0 Å². The van der Waals surface area contributed by atoms with Crippen molar-refractivity contribution in [2.75, 3.05) is 31.6 Å². The van der Waals surface area contributed by atoms with Crippen LogP contribution in [0.2, 0.25) is 0 Å². The highest BCUT2D eigenvalue weighted by molar-refractivity contribution is 6.06. The molecule has 0 aliphatic carbocycles. The van der Waals surface area contributed by atoms with Gasteiger partial charge in [-0.1, -0.05) is 24.2 Å². The smallest absolute Gasteiger partial charge is 0.255 e. The summed E-state index contributed by atoms with van der Waals surface area (Å²) in [6, 6.07) is -5.72. The first kappa shape index (κ1) is 13.6. The molecule has 0 radical (unpaired) electrons. The van der Waals surface area contributed by atoms with Crippen LogP contribution >= 0.6 is 0 Å². The summed E-state index contributed by atoms with van der Waals surface area (Å²) < 4.78 is 103. The number of piperidine rings is 1. The number of halogens is 1. The Balaban J connectivity index is 1.52. The normalized spacial score (nSPS) is 28.1. The van der Waals surface area contributed by atoms with Gasteiger partial charge in [0, 0.05) is 72.5 Å². The molecule has 9 heteroatoms. The van der Waals surface area contributed by atoms with E-state index >= 15 is 4.39 Å². The first-order valence-electron chi connectivity index (χ1n) is 15.6. The predicted octanol–water partition coefficient (Wildman–Crippen LogP) is 2.03. The van der Waals surface area contributed by atoms with Gasteiger partial charge in [0.25, 0.3) is 5.91 Å². The fraction of sp³-hybridized carbons (Fsp3) is 0.400. The summed E-state index contributed by atoms with van der Waals surface area (Å²) in [5.41, 5.74) is -1.26. The van der Waals surface area contributed by atoms with Crippen molar-refractivity contribution in [3.05, 3.63) is 64.3 Å². The SMILES string of the molecule is [2H]c1c([2H])c(CNc2c([2H])c([2H])c([2H])c3c2CN(C2C(=O)NC(=O)C([2H])([2H])C2([2H])[2H])C3=O)c(F)c(CN2CCOCC2)c1[2H]. The molecule has 3 aliphatic rings. The average molecular weight is 477 g/mol. The molecule has 2 N–H and O–H groups in total. The number of morpholine rings is 1. The van der Waals surface area contributed by atoms with Crippen LogP contribution in [0.3, 0.4) is 0 Å². The molecule has 0 spiro atoms.